The molecule has 0 aromatic carbocycles. The van der Waals surface area contributed by atoms with E-state index >= 15 is 0 Å². The topological polar surface area (TPSA) is 68.1 Å². The lowest BCUT2D eigenvalue weighted by atomic mass is 10.3. The predicted molar refractivity (Wildman–Crippen MR) is 50.7 cm³/mol. The molecule has 2 aliphatic heterocycles. The van der Waals surface area contributed by atoms with Gasteiger partial charge in [-0.05, 0) is 0 Å². The molecule has 0 radical (unpaired) electrons. The Balaban J connectivity index is 1.74. The Morgan fingerprint density at radius 1 is 1.40 bits per heavy atom. The summed E-state index contributed by atoms with van der Waals surface area (Å²) >= 11 is 0. The molecule has 2 fully saturated rings. The van der Waals surface area contributed by atoms with E-state index in [1.165, 1.54) is 0 Å². The van der Waals surface area contributed by atoms with Gasteiger partial charge < -0.3 is 9.47 Å². The molecule has 0 aromatic heterocycles. The van der Waals surface area contributed by atoms with Crippen LogP contribution < -0.4 is 0 Å². The summed E-state index contributed by atoms with van der Waals surface area (Å²) in [4.78, 5) is 12.7. The van der Waals surface area contributed by atoms with Crippen molar-refractivity contribution in [2.24, 2.45) is 0 Å². The van der Waals surface area contributed by atoms with E-state index in [2.05, 4.69) is 4.90 Å². The molecule has 1 atom stereocenters. The smallest absolute Gasteiger partial charge is 0.177 e. The number of nitrogens with zero attached hydrogens (tertiary/aromatic N) is 3. The standard InChI is InChI=1S/C8H15N3O4/c12-11(13)10-6-8(15-7-10)5-9-1-3-14-4-2-9/h8H,1-7H2/t8-/m1/s1. The first kappa shape index (κ1) is 10.6. The van der Waals surface area contributed by atoms with Gasteiger partial charge in [0.25, 0.3) is 0 Å². The van der Waals surface area contributed by atoms with Crippen LogP contribution in [0.3, 0.4) is 0 Å². The monoisotopic (exact) mass is 217 g/mol. The fraction of sp³-hybridized carbons (Fsp3) is 1.00. The summed E-state index contributed by atoms with van der Waals surface area (Å²) in [5, 5.41) is 11.2. The third-order valence-electron chi connectivity index (χ3n) is 2.67. The van der Waals surface area contributed by atoms with Crippen molar-refractivity contribution in [1.82, 2.24) is 9.91 Å². The number of rotatable bonds is 3. The van der Waals surface area contributed by atoms with Gasteiger partial charge in [-0.1, -0.05) is 0 Å². The van der Waals surface area contributed by atoms with Gasteiger partial charge in [0.2, 0.25) is 0 Å². The summed E-state index contributed by atoms with van der Waals surface area (Å²) < 4.78 is 10.6. The van der Waals surface area contributed by atoms with Crippen molar-refractivity contribution >= 4 is 0 Å². The number of ether oxygens (including phenoxy) is 2. The van der Waals surface area contributed by atoms with Crippen LogP contribution in [0.4, 0.5) is 0 Å². The highest BCUT2D eigenvalue weighted by molar-refractivity contribution is 4.72. The fourth-order valence-corrected chi connectivity index (χ4v) is 1.83. The minimum atomic E-state index is -0.403. The van der Waals surface area contributed by atoms with Crippen LogP contribution in [0.2, 0.25) is 0 Å². The second-order valence-electron chi connectivity index (χ2n) is 3.76. The first-order valence-corrected chi connectivity index (χ1v) is 5.06. The number of hydrazine groups is 1. The normalized spacial score (nSPS) is 28.3. The molecule has 0 N–H and O–H groups in total. The average molecular weight is 217 g/mol. The first-order valence-electron chi connectivity index (χ1n) is 5.06. The van der Waals surface area contributed by atoms with Crippen LogP contribution in [-0.4, -0.2) is 67.2 Å². The Hall–Kier alpha value is -0.920. The van der Waals surface area contributed by atoms with E-state index in [9.17, 15) is 10.1 Å². The van der Waals surface area contributed by atoms with Crippen LogP contribution >= 0.6 is 0 Å². The lowest BCUT2D eigenvalue weighted by Gasteiger charge is -2.28. The highest BCUT2D eigenvalue weighted by Gasteiger charge is 2.31. The zero-order valence-electron chi connectivity index (χ0n) is 8.50. The summed E-state index contributed by atoms with van der Waals surface area (Å²) in [5.74, 6) is 0. The Labute approximate surface area is 87.7 Å². The van der Waals surface area contributed by atoms with Crippen molar-refractivity contribution in [3.8, 4) is 0 Å². The molecule has 2 rings (SSSR count). The van der Waals surface area contributed by atoms with Crippen LogP contribution in [0.5, 0.6) is 0 Å². The van der Waals surface area contributed by atoms with Gasteiger partial charge in [0.05, 0.1) is 19.3 Å². The SMILES string of the molecule is O=[N+]([O-])N1CO[C@H](CN2CCOCC2)C1. The summed E-state index contributed by atoms with van der Waals surface area (Å²) in [7, 11) is 0. The van der Waals surface area contributed by atoms with Crippen molar-refractivity contribution in [2.75, 3.05) is 46.1 Å². The quantitative estimate of drug-likeness (QED) is 0.454. The summed E-state index contributed by atoms with van der Waals surface area (Å²) in [6, 6.07) is 0. The van der Waals surface area contributed by atoms with Crippen molar-refractivity contribution in [1.29, 1.82) is 0 Å². The van der Waals surface area contributed by atoms with E-state index in [1.807, 2.05) is 0 Å². The maximum absolute atomic E-state index is 10.5. The molecule has 0 amide bonds. The summed E-state index contributed by atoms with van der Waals surface area (Å²) in [6.07, 6.45) is -0.0477. The van der Waals surface area contributed by atoms with Crippen molar-refractivity contribution in [3.63, 3.8) is 0 Å². The van der Waals surface area contributed by atoms with Gasteiger partial charge in [-0.15, -0.1) is 5.01 Å². The van der Waals surface area contributed by atoms with Crippen LogP contribution in [0.25, 0.3) is 0 Å². The third kappa shape index (κ3) is 2.77. The van der Waals surface area contributed by atoms with E-state index in [1.54, 1.807) is 0 Å². The fourth-order valence-electron chi connectivity index (χ4n) is 1.83. The van der Waals surface area contributed by atoms with Crippen LogP contribution in [-0.2, 0) is 9.47 Å². The zero-order chi connectivity index (χ0) is 10.7. The Morgan fingerprint density at radius 3 is 2.73 bits per heavy atom. The van der Waals surface area contributed by atoms with Gasteiger partial charge in [-0.2, -0.15) is 0 Å². The van der Waals surface area contributed by atoms with Crippen LogP contribution in [0.1, 0.15) is 0 Å². The maximum Gasteiger partial charge on any atom is 0.177 e. The molecule has 0 bridgehead atoms. The molecule has 0 aromatic rings. The van der Waals surface area contributed by atoms with Gasteiger partial charge in [-0.25, -0.2) is 10.1 Å². The first-order chi connectivity index (χ1) is 7.25. The molecule has 86 valence electrons. The molecule has 15 heavy (non-hydrogen) atoms. The largest absolute Gasteiger partial charge is 0.379 e. The Bertz CT molecular complexity index is 232. The number of hydrogen-bond donors (Lipinski definition) is 0. The van der Waals surface area contributed by atoms with E-state index in [0.29, 0.717) is 6.54 Å². The van der Waals surface area contributed by atoms with Crippen molar-refractivity contribution in [3.05, 3.63) is 10.1 Å². The maximum atomic E-state index is 10.5. The van der Waals surface area contributed by atoms with Crippen LogP contribution in [0.15, 0.2) is 0 Å². The van der Waals surface area contributed by atoms with Crippen molar-refractivity contribution in [2.45, 2.75) is 6.10 Å². The van der Waals surface area contributed by atoms with Gasteiger partial charge >= 0.3 is 0 Å². The second-order valence-corrected chi connectivity index (χ2v) is 3.76. The zero-order valence-corrected chi connectivity index (χ0v) is 8.50. The lowest BCUT2D eigenvalue weighted by Crippen LogP contribution is -2.42. The van der Waals surface area contributed by atoms with Crippen LogP contribution in [0, 0.1) is 10.1 Å². The molecule has 0 unspecified atom stereocenters. The van der Waals surface area contributed by atoms with Gasteiger partial charge in [0, 0.05) is 19.6 Å². The highest BCUT2D eigenvalue weighted by Crippen LogP contribution is 2.10. The molecular weight excluding hydrogens is 202 g/mol. The summed E-state index contributed by atoms with van der Waals surface area (Å²) in [6.45, 7) is 4.49. The second kappa shape index (κ2) is 4.73. The minimum Gasteiger partial charge on any atom is -0.379 e. The highest BCUT2D eigenvalue weighted by atomic mass is 16.7. The molecular formula is C8H15N3O4. The Morgan fingerprint density at radius 2 is 2.13 bits per heavy atom. The van der Waals surface area contributed by atoms with Gasteiger partial charge in [0.15, 0.2) is 11.8 Å². The van der Waals surface area contributed by atoms with E-state index < -0.39 is 5.03 Å². The van der Waals surface area contributed by atoms with Gasteiger partial charge in [0.1, 0.15) is 6.54 Å². The molecule has 0 aliphatic carbocycles. The van der Waals surface area contributed by atoms with E-state index in [4.69, 9.17) is 9.47 Å². The number of morpholine rings is 1. The van der Waals surface area contributed by atoms with Gasteiger partial charge in [-0.3, -0.25) is 4.90 Å². The summed E-state index contributed by atoms with van der Waals surface area (Å²) in [5.41, 5.74) is 0. The Kier molecular flexibility index (Phi) is 3.34. The minimum absolute atomic E-state index is 0.0477. The molecule has 7 heteroatoms. The molecule has 2 saturated heterocycles. The van der Waals surface area contributed by atoms with Crippen molar-refractivity contribution < 1.29 is 14.5 Å². The molecule has 7 nitrogen and oxygen atoms in total. The average Bonchev–Trinajstić information content (AvgIpc) is 2.68. The molecule has 2 aliphatic rings. The molecule has 2 heterocycles. The number of nitro groups is 1. The lowest BCUT2D eigenvalue weighted by molar-refractivity contribution is -0.654. The molecule has 0 saturated carbocycles. The molecule has 0 spiro atoms. The number of hydrogen-bond acceptors (Lipinski definition) is 5. The predicted octanol–water partition coefficient (Wildman–Crippen LogP) is -0.831. The van der Waals surface area contributed by atoms with E-state index in [-0.39, 0.29) is 12.8 Å². The third-order valence-corrected chi connectivity index (χ3v) is 2.67. The van der Waals surface area contributed by atoms with E-state index in [0.717, 1.165) is 37.9 Å².